The molecule has 23 heavy (non-hydrogen) atoms. The van der Waals surface area contributed by atoms with Crippen molar-refractivity contribution in [2.24, 2.45) is 11.7 Å². The summed E-state index contributed by atoms with van der Waals surface area (Å²) in [6, 6.07) is 8.12. The van der Waals surface area contributed by atoms with Crippen molar-refractivity contribution in [1.82, 2.24) is 5.32 Å². The van der Waals surface area contributed by atoms with E-state index in [-0.39, 0.29) is 24.2 Å². The van der Waals surface area contributed by atoms with Gasteiger partial charge in [0.2, 0.25) is 11.8 Å². The fourth-order valence-corrected chi connectivity index (χ4v) is 2.81. The molecule has 0 aromatic heterocycles. The molecule has 0 spiro atoms. The van der Waals surface area contributed by atoms with Crippen LogP contribution in [0.25, 0.3) is 0 Å². The molecule has 5 nitrogen and oxygen atoms in total. The maximum Gasteiger partial charge on any atom is 0.227 e. The molecule has 1 atom stereocenters. The summed E-state index contributed by atoms with van der Waals surface area (Å²) >= 11 is 0. The summed E-state index contributed by atoms with van der Waals surface area (Å²) in [5.74, 6) is -0.292. The predicted molar refractivity (Wildman–Crippen MR) is 92.2 cm³/mol. The van der Waals surface area contributed by atoms with Crippen LogP contribution in [0.5, 0.6) is 0 Å². The quantitative estimate of drug-likeness (QED) is 0.719. The third-order valence-electron chi connectivity index (χ3n) is 4.24. The largest absolute Gasteiger partial charge is 0.356 e. The van der Waals surface area contributed by atoms with Gasteiger partial charge in [-0.2, -0.15) is 0 Å². The highest BCUT2D eigenvalue weighted by atomic mass is 16.2. The van der Waals surface area contributed by atoms with Crippen LogP contribution in [0.1, 0.15) is 38.2 Å². The van der Waals surface area contributed by atoms with Gasteiger partial charge < -0.3 is 16.0 Å². The van der Waals surface area contributed by atoms with E-state index in [0.717, 1.165) is 18.5 Å². The average Bonchev–Trinajstić information content (AvgIpc) is 2.95. The van der Waals surface area contributed by atoms with Crippen LogP contribution < -0.4 is 16.0 Å². The van der Waals surface area contributed by atoms with Gasteiger partial charge in [0.15, 0.2) is 0 Å². The number of unbranched alkanes of at least 4 members (excludes halogenated alkanes) is 1. The fraction of sp³-hybridized carbons (Fsp3) is 0.556. The molecule has 1 aliphatic rings. The number of amides is 2. The van der Waals surface area contributed by atoms with E-state index >= 15 is 0 Å². The van der Waals surface area contributed by atoms with E-state index < -0.39 is 0 Å². The van der Waals surface area contributed by atoms with Gasteiger partial charge in [0.1, 0.15) is 0 Å². The summed E-state index contributed by atoms with van der Waals surface area (Å²) in [5, 5.41) is 2.85. The second kappa shape index (κ2) is 8.67. The van der Waals surface area contributed by atoms with E-state index in [9.17, 15) is 9.59 Å². The summed E-state index contributed by atoms with van der Waals surface area (Å²) in [7, 11) is 0. The molecule has 1 aromatic rings. The normalized spacial score (nSPS) is 17.6. The first kappa shape index (κ1) is 17.5. The SMILES string of the molecule is CCCCc1ccc(N2CC(C(=O)NCCCN)CC2=O)cc1. The number of nitrogens with zero attached hydrogens (tertiary/aromatic N) is 1. The number of carbonyl (C=O) groups excluding carboxylic acids is 2. The minimum absolute atomic E-state index is 0.0188. The minimum Gasteiger partial charge on any atom is -0.356 e. The second-order valence-electron chi connectivity index (χ2n) is 6.11. The van der Waals surface area contributed by atoms with Crippen molar-refractivity contribution in [3.63, 3.8) is 0 Å². The molecule has 3 N–H and O–H groups in total. The van der Waals surface area contributed by atoms with Crippen LogP contribution in [0.3, 0.4) is 0 Å². The van der Waals surface area contributed by atoms with Crippen molar-refractivity contribution in [3.05, 3.63) is 29.8 Å². The number of hydrogen-bond acceptors (Lipinski definition) is 3. The van der Waals surface area contributed by atoms with Gasteiger partial charge in [-0.15, -0.1) is 0 Å². The number of hydrogen-bond donors (Lipinski definition) is 2. The Labute approximate surface area is 138 Å². The number of benzene rings is 1. The van der Waals surface area contributed by atoms with Crippen molar-refractivity contribution in [1.29, 1.82) is 0 Å². The van der Waals surface area contributed by atoms with Gasteiger partial charge in [0, 0.05) is 25.2 Å². The van der Waals surface area contributed by atoms with Gasteiger partial charge in [-0.1, -0.05) is 25.5 Å². The summed E-state index contributed by atoms with van der Waals surface area (Å²) in [6.45, 7) is 3.77. The first-order valence-electron chi connectivity index (χ1n) is 8.52. The van der Waals surface area contributed by atoms with Crippen LogP contribution in [-0.4, -0.2) is 31.4 Å². The molecule has 126 valence electrons. The second-order valence-corrected chi connectivity index (χ2v) is 6.11. The Bertz CT molecular complexity index is 528. The molecule has 0 bridgehead atoms. The Kier molecular flexibility index (Phi) is 6.59. The molecule has 1 aliphatic heterocycles. The summed E-state index contributed by atoms with van der Waals surface area (Å²) < 4.78 is 0. The molecular formula is C18H27N3O2. The number of nitrogens with two attached hydrogens (primary N) is 1. The lowest BCUT2D eigenvalue weighted by Crippen LogP contribution is -2.34. The lowest BCUT2D eigenvalue weighted by molar-refractivity contribution is -0.126. The van der Waals surface area contributed by atoms with Crippen molar-refractivity contribution >= 4 is 17.5 Å². The average molecular weight is 317 g/mol. The zero-order chi connectivity index (χ0) is 16.7. The molecule has 5 heteroatoms. The highest BCUT2D eigenvalue weighted by Crippen LogP contribution is 2.25. The van der Waals surface area contributed by atoms with Crippen LogP contribution in [0.15, 0.2) is 24.3 Å². The summed E-state index contributed by atoms with van der Waals surface area (Å²) in [4.78, 5) is 26.0. The number of anilines is 1. The third-order valence-corrected chi connectivity index (χ3v) is 4.24. The number of nitrogens with one attached hydrogen (secondary N) is 1. The first-order valence-corrected chi connectivity index (χ1v) is 8.52. The van der Waals surface area contributed by atoms with E-state index in [1.807, 2.05) is 12.1 Å². The van der Waals surface area contributed by atoms with E-state index in [1.165, 1.54) is 18.4 Å². The maximum absolute atomic E-state index is 12.2. The highest BCUT2D eigenvalue weighted by Gasteiger charge is 2.34. The van der Waals surface area contributed by atoms with E-state index in [2.05, 4.69) is 24.4 Å². The molecule has 2 amide bonds. The van der Waals surface area contributed by atoms with Crippen LogP contribution in [0.2, 0.25) is 0 Å². The van der Waals surface area contributed by atoms with Gasteiger partial charge >= 0.3 is 0 Å². The standard InChI is InChI=1S/C18H27N3O2/c1-2-3-5-14-6-8-16(9-7-14)21-13-15(12-17(21)22)18(23)20-11-4-10-19/h6-9,15H,2-5,10-13,19H2,1H3,(H,20,23). The summed E-state index contributed by atoms with van der Waals surface area (Å²) in [6.07, 6.45) is 4.46. The van der Waals surface area contributed by atoms with Gasteiger partial charge in [0.05, 0.1) is 5.92 Å². The Morgan fingerprint density at radius 3 is 2.70 bits per heavy atom. The third kappa shape index (κ3) is 4.79. The number of aryl methyl sites for hydroxylation is 1. The molecule has 1 aromatic carbocycles. The molecule has 1 saturated heterocycles. The Morgan fingerprint density at radius 2 is 2.04 bits per heavy atom. The molecule has 2 rings (SSSR count). The molecule has 1 fully saturated rings. The smallest absolute Gasteiger partial charge is 0.227 e. The molecule has 0 radical (unpaired) electrons. The lowest BCUT2D eigenvalue weighted by Gasteiger charge is -2.17. The van der Waals surface area contributed by atoms with E-state index in [4.69, 9.17) is 5.73 Å². The van der Waals surface area contributed by atoms with Gasteiger partial charge in [0.25, 0.3) is 0 Å². The van der Waals surface area contributed by atoms with Crippen molar-refractivity contribution in [2.45, 2.75) is 39.0 Å². The fourth-order valence-electron chi connectivity index (χ4n) is 2.81. The molecular weight excluding hydrogens is 290 g/mol. The lowest BCUT2D eigenvalue weighted by atomic mass is 10.1. The molecule has 0 aliphatic carbocycles. The van der Waals surface area contributed by atoms with E-state index in [0.29, 0.717) is 19.6 Å². The maximum atomic E-state index is 12.2. The predicted octanol–water partition coefficient (Wildman–Crippen LogP) is 1.85. The van der Waals surface area contributed by atoms with Crippen LogP contribution in [0.4, 0.5) is 5.69 Å². The van der Waals surface area contributed by atoms with Crippen molar-refractivity contribution < 1.29 is 9.59 Å². The van der Waals surface area contributed by atoms with Gasteiger partial charge in [-0.3, -0.25) is 9.59 Å². The number of rotatable bonds is 8. The molecule has 0 saturated carbocycles. The van der Waals surface area contributed by atoms with Crippen LogP contribution in [0, 0.1) is 5.92 Å². The minimum atomic E-state index is -0.264. The van der Waals surface area contributed by atoms with Crippen molar-refractivity contribution in [2.75, 3.05) is 24.5 Å². The van der Waals surface area contributed by atoms with E-state index in [1.54, 1.807) is 4.90 Å². The topological polar surface area (TPSA) is 75.4 Å². The zero-order valence-corrected chi connectivity index (χ0v) is 13.9. The zero-order valence-electron chi connectivity index (χ0n) is 13.9. The highest BCUT2D eigenvalue weighted by molar-refractivity contribution is 6.00. The summed E-state index contributed by atoms with van der Waals surface area (Å²) in [5.41, 5.74) is 7.59. The Balaban J connectivity index is 1.93. The first-order chi connectivity index (χ1) is 11.2. The molecule has 1 unspecified atom stereocenters. The van der Waals surface area contributed by atoms with Gasteiger partial charge in [-0.05, 0) is 43.5 Å². The monoisotopic (exact) mass is 317 g/mol. The Morgan fingerprint density at radius 1 is 1.30 bits per heavy atom. The van der Waals surface area contributed by atoms with Gasteiger partial charge in [-0.25, -0.2) is 0 Å². The van der Waals surface area contributed by atoms with Crippen LogP contribution in [-0.2, 0) is 16.0 Å². The van der Waals surface area contributed by atoms with Crippen molar-refractivity contribution in [3.8, 4) is 0 Å². The Hall–Kier alpha value is -1.88. The van der Waals surface area contributed by atoms with Crippen LogP contribution >= 0.6 is 0 Å². The molecule has 1 heterocycles. The number of carbonyl (C=O) groups is 2.